The molecule has 0 unspecified atom stereocenters. The van der Waals surface area contributed by atoms with Crippen LogP contribution < -0.4 is 10.6 Å². The maximum Gasteiger partial charge on any atom is 0.224 e. The highest BCUT2D eigenvalue weighted by molar-refractivity contribution is 5.79. The Labute approximate surface area is 284 Å². The van der Waals surface area contributed by atoms with Gasteiger partial charge in [-0.15, -0.1) is 0 Å². The standard InChI is InChI=1S/2C22H21NO/c2*1-17-6-5-7-19(14-17)16-23-22(24)15-18-10-12-21(13-11-18)20-8-3-2-4-9-20/h2*2-14H,15-16H2,1H3,(H,23,24). The summed E-state index contributed by atoms with van der Waals surface area (Å²) >= 11 is 0. The molecule has 4 heteroatoms. The van der Waals surface area contributed by atoms with Crippen molar-refractivity contribution in [2.24, 2.45) is 0 Å². The van der Waals surface area contributed by atoms with Gasteiger partial charge in [-0.05, 0) is 58.4 Å². The van der Waals surface area contributed by atoms with Crippen molar-refractivity contribution in [3.8, 4) is 22.3 Å². The zero-order valence-electron chi connectivity index (χ0n) is 27.7. The van der Waals surface area contributed by atoms with Crippen LogP contribution in [0.5, 0.6) is 0 Å². The second-order valence-electron chi connectivity index (χ2n) is 12.0. The Balaban J connectivity index is 0.000000188. The van der Waals surface area contributed by atoms with Crippen molar-refractivity contribution in [2.45, 2.75) is 39.8 Å². The molecule has 2 amide bonds. The van der Waals surface area contributed by atoms with E-state index in [0.717, 1.165) is 22.3 Å². The lowest BCUT2D eigenvalue weighted by Gasteiger charge is -2.07. The molecule has 6 aromatic carbocycles. The number of carbonyl (C=O) groups is 2. The quantitative estimate of drug-likeness (QED) is 0.159. The molecule has 0 aromatic heterocycles. The van der Waals surface area contributed by atoms with Crippen molar-refractivity contribution in [2.75, 3.05) is 0 Å². The molecule has 0 saturated heterocycles. The summed E-state index contributed by atoms with van der Waals surface area (Å²) in [5.74, 6) is 0.0907. The third kappa shape index (κ3) is 10.7. The fraction of sp³-hybridized carbons (Fsp3) is 0.136. The minimum Gasteiger partial charge on any atom is -0.352 e. The predicted molar refractivity (Wildman–Crippen MR) is 197 cm³/mol. The largest absolute Gasteiger partial charge is 0.352 e. The molecule has 0 radical (unpaired) electrons. The Kier molecular flexibility index (Phi) is 12.1. The molecule has 0 aliphatic carbocycles. The zero-order valence-corrected chi connectivity index (χ0v) is 27.7. The number of benzene rings is 6. The number of nitrogens with one attached hydrogen (secondary N) is 2. The van der Waals surface area contributed by atoms with E-state index >= 15 is 0 Å². The van der Waals surface area contributed by atoms with Crippen LogP contribution in [-0.4, -0.2) is 11.8 Å². The predicted octanol–water partition coefficient (Wildman–Crippen LogP) is 9.04. The third-order valence-corrected chi connectivity index (χ3v) is 8.00. The SMILES string of the molecule is Cc1cccc(CNC(=O)Cc2ccc(-c3ccccc3)cc2)c1.Cc1cccc(CNC(=O)Cc2ccc(-c3ccccc3)cc2)c1. The molecule has 0 fully saturated rings. The highest BCUT2D eigenvalue weighted by Crippen LogP contribution is 2.20. The van der Waals surface area contributed by atoms with E-state index in [-0.39, 0.29) is 11.8 Å². The number of aryl methyl sites for hydroxylation is 2. The molecule has 2 N–H and O–H groups in total. The number of hydrogen-bond acceptors (Lipinski definition) is 2. The minimum absolute atomic E-state index is 0.0453. The van der Waals surface area contributed by atoms with Gasteiger partial charge in [-0.1, -0.05) is 169 Å². The summed E-state index contributed by atoms with van der Waals surface area (Å²) in [5, 5.41) is 5.96. The molecule has 6 aromatic rings. The van der Waals surface area contributed by atoms with Gasteiger partial charge in [0.25, 0.3) is 0 Å². The van der Waals surface area contributed by atoms with Gasteiger partial charge in [-0.2, -0.15) is 0 Å². The first kappa shape index (κ1) is 33.6. The van der Waals surface area contributed by atoms with Crippen molar-refractivity contribution < 1.29 is 9.59 Å². The van der Waals surface area contributed by atoms with Crippen LogP contribution in [0.4, 0.5) is 0 Å². The van der Waals surface area contributed by atoms with Gasteiger partial charge in [0.2, 0.25) is 11.8 Å². The number of rotatable bonds is 10. The van der Waals surface area contributed by atoms with Crippen molar-refractivity contribution in [3.05, 3.63) is 191 Å². The highest BCUT2D eigenvalue weighted by atomic mass is 16.2. The Morgan fingerprint density at radius 2 is 0.750 bits per heavy atom. The van der Waals surface area contributed by atoms with E-state index in [1.54, 1.807) is 0 Å². The maximum atomic E-state index is 12.1. The molecule has 0 bridgehead atoms. The molecular weight excluding hydrogens is 588 g/mol. The average Bonchev–Trinajstić information content (AvgIpc) is 3.12. The van der Waals surface area contributed by atoms with E-state index in [4.69, 9.17) is 0 Å². The van der Waals surface area contributed by atoms with Crippen LogP contribution in [0.2, 0.25) is 0 Å². The van der Waals surface area contributed by atoms with Gasteiger partial charge in [0.05, 0.1) is 12.8 Å². The Hall–Kier alpha value is -5.74. The second-order valence-corrected chi connectivity index (χ2v) is 12.0. The first-order chi connectivity index (χ1) is 23.4. The van der Waals surface area contributed by atoms with E-state index in [9.17, 15) is 9.59 Å². The van der Waals surface area contributed by atoms with Crippen LogP contribution in [0, 0.1) is 13.8 Å². The summed E-state index contributed by atoms with van der Waals surface area (Å²) in [4.78, 5) is 24.2. The van der Waals surface area contributed by atoms with Gasteiger partial charge < -0.3 is 10.6 Å². The van der Waals surface area contributed by atoms with Crippen molar-refractivity contribution >= 4 is 11.8 Å². The van der Waals surface area contributed by atoms with E-state index < -0.39 is 0 Å². The number of amides is 2. The minimum atomic E-state index is 0.0453. The molecule has 4 nitrogen and oxygen atoms in total. The molecule has 0 saturated carbocycles. The highest BCUT2D eigenvalue weighted by Gasteiger charge is 2.06. The Morgan fingerprint density at radius 1 is 0.396 bits per heavy atom. The van der Waals surface area contributed by atoms with E-state index in [1.165, 1.54) is 33.4 Å². The van der Waals surface area contributed by atoms with Crippen LogP contribution >= 0.6 is 0 Å². The van der Waals surface area contributed by atoms with Crippen LogP contribution in [0.25, 0.3) is 22.3 Å². The molecule has 0 atom stereocenters. The fourth-order valence-corrected chi connectivity index (χ4v) is 5.43. The summed E-state index contributed by atoms with van der Waals surface area (Å²) in [6.07, 6.45) is 0.807. The van der Waals surface area contributed by atoms with Gasteiger partial charge in [0.1, 0.15) is 0 Å². The van der Waals surface area contributed by atoms with Crippen molar-refractivity contribution in [3.63, 3.8) is 0 Å². The molecule has 0 spiro atoms. The lowest BCUT2D eigenvalue weighted by Crippen LogP contribution is -2.24. The van der Waals surface area contributed by atoms with Crippen LogP contribution in [0.15, 0.2) is 158 Å². The van der Waals surface area contributed by atoms with Crippen molar-refractivity contribution in [1.29, 1.82) is 0 Å². The van der Waals surface area contributed by atoms with E-state index in [2.05, 4.69) is 97.3 Å². The monoisotopic (exact) mass is 630 g/mol. The maximum absolute atomic E-state index is 12.1. The average molecular weight is 631 g/mol. The molecule has 240 valence electrons. The first-order valence-corrected chi connectivity index (χ1v) is 16.3. The van der Waals surface area contributed by atoms with Gasteiger partial charge in [-0.25, -0.2) is 0 Å². The van der Waals surface area contributed by atoms with E-state index in [0.29, 0.717) is 25.9 Å². The molecule has 0 heterocycles. The van der Waals surface area contributed by atoms with Crippen LogP contribution in [-0.2, 0) is 35.5 Å². The summed E-state index contributed by atoms with van der Waals surface area (Å²) in [6.45, 7) is 5.25. The van der Waals surface area contributed by atoms with Gasteiger partial charge >= 0.3 is 0 Å². The van der Waals surface area contributed by atoms with Crippen LogP contribution in [0.1, 0.15) is 33.4 Å². The summed E-state index contributed by atoms with van der Waals surface area (Å²) in [7, 11) is 0. The van der Waals surface area contributed by atoms with Gasteiger partial charge in [0.15, 0.2) is 0 Å². The van der Waals surface area contributed by atoms with Crippen LogP contribution in [0.3, 0.4) is 0 Å². The summed E-state index contributed by atoms with van der Waals surface area (Å²) < 4.78 is 0. The first-order valence-electron chi connectivity index (χ1n) is 16.3. The number of hydrogen-bond donors (Lipinski definition) is 2. The zero-order chi connectivity index (χ0) is 33.6. The fourth-order valence-electron chi connectivity index (χ4n) is 5.43. The molecule has 0 aliphatic heterocycles. The Morgan fingerprint density at radius 3 is 1.10 bits per heavy atom. The van der Waals surface area contributed by atoms with E-state index in [1.807, 2.05) is 84.9 Å². The van der Waals surface area contributed by atoms with Gasteiger partial charge in [-0.3, -0.25) is 9.59 Å². The molecular formula is C44H42N2O2. The summed E-state index contributed by atoms with van der Waals surface area (Å²) in [5.41, 5.74) is 11.4. The lowest BCUT2D eigenvalue weighted by atomic mass is 10.0. The normalized spacial score (nSPS) is 10.4. The van der Waals surface area contributed by atoms with Gasteiger partial charge in [0, 0.05) is 13.1 Å². The van der Waals surface area contributed by atoms with Crippen molar-refractivity contribution in [1.82, 2.24) is 10.6 Å². The third-order valence-electron chi connectivity index (χ3n) is 8.00. The molecule has 48 heavy (non-hydrogen) atoms. The smallest absolute Gasteiger partial charge is 0.224 e. The topological polar surface area (TPSA) is 58.2 Å². The molecule has 0 aliphatic rings. The summed E-state index contributed by atoms with van der Waals surface area (Å²) in [6, 6.07) is 53.2. The molecule has 6 rings (SSSR count). The number of carbonyl (C=O) groups excluding carboxylic acids is 2. The Bertz CT molecular complexity index is 1760. The lowest BCUT2D eigenvalue weighted by molar-refractivity contribution is -0.121. The second kappa shape index (κ2) is 17.3.